The molecule has 8 heteroatoms. The molecule has 1 N–H and O–H groups in total. The number of benzene rings is 2. The molecule has 1 atom stereocenters. The number of aromatic nitrogens is 1. The van der Waals surface area contributed by atoms with Gasteiger partial charge in [0.15, 0.2) is 0 Å². The highest BCUT2D eigenvalue weighted by Crippen LogP contribution is 2.49. The molecule has 0 saturated carbocycles. The highest BCUT2D eigenvalue weighted by molar-refractivity contribution is 8.01. The number of carbonyl (C=O) groups is 1. The van der Waals surface area contributed by atoms with Crippen LogP contribution >= 0.6 is 23.2 Å². The Morgan fingerprint density at radius 3 is 2.50 bits per heavy atom. The summed E-state index contributed by atoms with van der Waals surface area (Å²) in [5.74, 6) is 3.91. The topological polar surface area (TPSA) is 68.3 Å². The van der Waals surface area contributed by atoms with Gasteiger partial charge in [-0.3, -0.25) is 14.0 Å². The van der Waals surface area contributed by atoms with Crippen LogP contribution in [-0.2, 0) is 9.52 Å². The van der Waals surface area contributed by atoms with Crippen molar-refractivity contribution in [3.63, 3.8) is 0 Å². The van der Waals surface area contributed by atoms with Crippen molar-refractivity contribution in [2.45, 2.75) is 9.79 Å². The predicted octanol–water partition coefficient (Wildman–Crippen LogP) is 4.76. The van der Waals surface area contributed by atoms with E-state index in [1.165, 1.54) is 19.5 Å². The van der Waals surface area contributed by atoms with Gasteiger partial charge in [-0.1, -0.05) is 41.4 Å². The van der Waals surface area contributed by atoms with Crippen LogP contribution in [0.25, 0.3) is 11.1 Å². The fourth-order valence-corrected chi connectivity index (χ4v) is 5.82. The van der Waals surface area contributed by atoms with Crippen LogP contribution in [0.15, 0.2) is 58.6 Å². The minimum Gasteiger partial charge on any atom is -0.495 e. The van der Waals surface area contributed by atoms with E-state index in [0.717, 1.165) is 0 Å². The van der Waals surface area contributed by atoms with Gasteiger partial charge in [0, 0.05) is 37.9 Å². The van der Waals surface area contributed by atoms with Crippen molar-refractivity contribution < 1.29 is 13.7 Å². The van der Waals surface area contributed by atoms with Gasteiger partial charge < -0.3 is 10.1 Å². The maximum absolute atomic E-state index is 13.5. The Labute approximate surface area is 172 Å². The quantitative estimate of drug-likeness (QED) is 0.473. The lowest BCUT2D eigenvalue weighted by Crippen LogP contribution is -2.14. The molecule has 1 aromatic heterocycles. The molecule has 1 aliphatic heterocycles. The summed E-state index contributed by atoms with van der Waals surface area (Å²) in [4.78, 5) is 18.0. The molecule has 1 unspecified atom stereocenters. The Morgan fingerprint density at radius 2 is 1.82 bits per heavy atom. The number of amides is 1. The summed E-state index contributed by atoms with van der Waals surface area (Å²) >= 11 is 12.2. The van der Waals surface area contributed by atoms with Gasteiger partial charge in [0.2, 0.25) is 0 Å². The average molecular weight is 433 g/mol. The van der Waals surface area contributed by atoms with E-state index in [9.17, 15) is 9.00 Å². The van der Waals surface area contributed by atoms with Crippen LogP contribution < -0.4 is 10.1 Å². The van der Waals surface area contributed by atoms with Gasteiger partial charge in [0.25, 0.3) is 5.91 Å². The second kappa shape index (κ2) is 6.81. The van der Waals surface area contributed by atoms with Crippen molar-refractivity contribution >= 4 is 50.2 Å². The van der Waals surface area contributed by atoms with E-state index in [1.54, 1.807) is 24.3 Å². The molecule has 0 bridgehead atoms. The van der Waals surface area contributed by atoms with E-state index in [2.05, 4.69) is 16.2 Å². The van der Waals surface area contributed by atoms with Crippen molar-refractivity contribution in [3.05, 3.63) is 64.4 Å². The first-order chi connectivity index (χ1) is 13.4. The normalized spacial score (nSPS) is 17.0. The molecule has 4 rings (SSSR count). The van der Waals surface area contributed by atoms with Crippen molar-refractivity contribution in [2.75, 3.05) is 12.4 Å². The Hall–Kier alpha value is -2.54. The molecule has 0 aliphatic carbocycles. The predicted molar refractivity (Wildman–Crippen MR) is 112 cm³/mol. The number of fused-ring (bicyclic) bond motifs is 3. The first-order valence-electron chi connectivity index (χ1n) is 8.14. The molecule has 0 radical (unpaired) electrons. The number of methoxy groups -OCH3 is 1. The Bertz CT molecular complexity index is 1220. The number of ether oxygens (including phenoxy) is 1. The molecule has 142 valence electrons. The molecule has 0 saturated heterocycles. The number of halogens is 2. The third-order valence-corrected chi connectivity index (χ3v) is 7.22. The third-order valence-electron chi connectivity index (χ3n) is 4.52. The lowest BCUT2D eigenvalue weighted by molar-refractivity contribution is 0.102. The number of nitrogens with one attached hydrogen (secondary N) is 1. The smallest absolute Gasteiger partial charge is 0.256 e. The van der Waals surface area contributed by atoms with Gasteiger partial charge in [0.05, 0.1) is 27.7 Å². The van der Waals surface area contributed by atoms with Crippen LogP contribution in [0.3, 0.4) is 0 Å². The fourth-order valence-electron chi connectivity index (χ4n) is 3.29. The molecule has 2 heterocycles. The Morgan fingerprint density at radius 1 is 1.14 bits per heavy atom. The zero-order valence-corrected chi connectivity index (χ0v) is 17.0. The average Bonchev–Trinajstić information content (AvgIpc) is 2.93. The zero-order valence-electron chi connectivity index (χ0n) is 14.7. The van der Waals surface area contributed by atoms with E-state index in [1.807, 2.05) is 12.1 Å². The minimum atomic E-state index is -2.82. The number of pyridine rings is 1. The van der Waals surface area contributed by atoms with Gasteiger partial charge in [-0.25, -0.2) is 0 Å². The molecule has 3 aromatic rings. The third kappa shape index (κ3) is 2.76. The SMILES string of the molecule is C=S1(=O)c2ccccc2-c2c(C(=O)Nc3c(Cl)cncc3Cl)ccc(OC)c21. The Kier molecular flexibility index (Phi) is 4.57. The molecule has 1 amide bonds. The lowest BCUT2D eigenvalue weighted by Gasteiger charge is -2.14. The maximum atomic E-state index is 13.5. The molecular weight excluding hydrogens is 419 g/mol. The van der Waals surface area contributed by atoms with E-state index < -0.39 is 15.4 Å². The summed E-state index contributed by atoms with van der Waals surface area (Å²) in [6.45, 7) is 0. The summed E-state index contributed by atoms with van der Waals surface area (Å²) in [7, 11) is -1.33. The van der Waals surface area contributed by atoms with Gasteiger partial charge in [-0.2, -0.15) is 0 Å². The molecular formula is C20H14Cl2N2O3S. The van der Waals surface area contributed by atoms with Crippen LogP contribution in [0.4, 0.5) is 5.69 Å². The van der Waals surface area contributed by atoms with Crippen LogP contribution in [0.2, 0.25) is 10.0 Å². The largest absolute Gasteiger partial charge is 0.495 e. The summed E-state index contributed by atoms with van der Waals surface area (Å²) in [6.07, 6.45) is 2.78. The van der Waals surface area contributed by atoms with Crippen molar-refractivity contribution in [1.29, 1.82) is 0 Å². The van der Waals surface area contributed by atoms with Gasteiger partial charge in [0.1, 0.15) is 5.75 Å². The summed E-state index contributed by atoms with van der Waals surface area (Å²) < 4.78 is 18.9. The van der Waals surface area contributed by atoms with Crippen LogP contribution in [-0.4, -0.2) is 28.1 Å². The van der Waals surface area contributed by atoms with Crippen molar-refractivity contribution in [1.82, 2.24) is 4.98 Å². The van der Waals surface area contributed by atoms with E-state index in [4.69, 9.17) is 27.9 Å². The molecule has 0 spiro atoms. The Balaban J connectivity index is 1.93. The number of hydrogen-bond donors (Lipinski definition) is 1. The first kappa shape index (κ1) is 18.8. The number of hydrogen-bond acceptors (Lipinski definition) is 4. The van der Waals surface area contributed by atoms with E-state index in [0.29, 0.717) is 32.2 Å². The maximum Gasteiger partial charge on any atom is 0.256 e. The first-order valence-corrected chi connectivity index (χ1v) is 10.6. The monoisotopic (exact) mass is 432 g/mol. The fraction of sp³-hybridized carbons (Fsp3) is 0.0500. The highest BCUT2D eigenvalue weighted by atomic mass is 35.5. The summed E-state index contributed by atoms with van der Waals surface area (Å²) in [5, 5.41) is 3.15. The second-order valence-corrected chi connectivity index (χ2v) is 9.14. The molecule has 5 nitrogen and oxygen atoms in total. The summed E-state index contributed by atoms with van der Waals surface area (Å²) in [6, 6.07) is 10.4. The van der Waals surface area contributed by atoms with Crippen LogP contribution in [0.5, 0.6) is 5.75 Å². The number of carbonyl (C=O) groups excluding carboxylic acids is 1. The lowest BCUT2D eigenvalue weighted by atomic mass is 9.98. The van der Waals surface area contributed by atoms with Gasteiger partial charge in [-0.15, -0.1) is 0 Å². The second-order valence-electron chi connectivity index (χ2n) is 6.12. The zero-order chi connectivity index (χ0) is 20.1. The summed E-state index contributed by atoms with van der Waals surface area (Å²) in [5.41, 5.74) is 1.80. The van der Waals surface area contributed by atoms with Gasteiger partial charge >= 0.3 is 0 Å². The molecule has 2 aromatic carbocycles. The van der Waals surface area contributed by atoms with E-state index >= 15 is 0 Å². The standard InChI is InChI=1S/C20H14Cl2N2O3S/c1-27-15-8-7-12(20(25)24-18-13(21)9-23-10-14(18)22)17-11-5-3-4-6-16(11)28(2,26)19(15)17/h3-10H,2H2,1H3,(H,23,24,25). The molecule has 0 fully saturated rings. The van der Waals surface area contributed by atoms with Crippen LogP contribution in [0, 0.1) is 0 Å². The van der Waals surface area contributed by atoms with Crippen molar-refractivity contribution in [3.8, 4) is 16.9 Å². The molecule has 1 aliphatic rings. The number of nitrogens with zero attached hydrogens (tertiary/aromatic N) is 1. The van der Waals surface area contributed by atoms with Gasteiger partial charge in [-0.05, 0) is 29.6 Å². The highest BCUT2D eigenvalue weighted by Gasteiger charge is 2.34. The number of rotatable bonds is 3. The van der Waals surface area contributed by atoms with Crippen molar-refractivity contribution in [2.24, 2.45) is 0 Å². The minimum absolute atomic E-state index is 0.215. The van der Waals surface area contributed by atoms with E-state index in [-0.39, 0.29) is 15.7 Å². The number of anilines is 1. The molecule has 28 heavy (non-hydrogen) atoms. The van der Waals surface area contributed by atoms with Crippen LogP contribution in [0.1, 0.15) is 10.4 Å².